The van der Waals surface area contributed by atoms with Crippen molar-refractivity contribution in [3.05, 3.63) is 54.4 Å². The highest BCUT2D eigenvalue weighted by molar-refractivity contribution is 7.89. The lowest BCUT2D eigenvalue weighted by atomic mass is 9.82. The third kappa shape index (κ3) is 5.40. The molecule has 1 aliphatic carbocycles. The Hall–Kier alpha value is -2.53. The predicted molar refractivity (Wildman–Crippen MR) is 112 cm³/mol. The van der Waals surface area contributed by atoms with Crippen molar-refractivity contribution >= 4 is 15.9 Å². The Morgan fingerprint density at radius 1 is 1.23 bits per heavy atom. The van der Waals surface area contributed by atoms with Gasteiger partial charge >= 0.3 is 0 Å². The summed E-state index contributed by atoms with van der Waals surface area (Å²) < 4.78 is 33.5. The number of aromatic nitrogens is 1. The first-order chi connectivity index (χ1) is 14.9. The maximum Gasteiger partial charge on any atom is 0.262 e. The lowest BCUT2D eigenvalue weighted by molar-refractivity contribution is -0.136. The molecule has 2 aromatic rings. The van der Waals surface area contributed by atoms with Gasteiger partial charge in [0, 0.05) is 18.9 Å². The highest BCUT2D eigenvalue weighted by Crippen LogP contribution is 2.33. The van der Waals surface area contributed by atoms with Crippen LogP contribution in [0.15, 0.2) is 53.7 Å². The molecule has 9 nitrogen and oxygen atoms in total. The van der Waals surface area contributed by atoms with Crippen molar-refractivity contribution in [1.29, 1.82) is 0 Å². The van der Waals surface area contributed by atoms with E-state index in [1.807, 2.05) is 0 Å². The number of nitrogens with one attached hydrogen (secondary N) is 1. The van der Waals surface area contributed by atoms with Gasteiger partial charge in [0.25, 0.3) is 5.91 Å². The summed E-state index contributed by atoms with van der Waals surface area (Å²) in [7, 11) is -2.64. The number of amides is 1. The lowest BCUT2D eigenvalue weighted by Gasteiger charge is -2.37. The van der Waals surface area contributed by atoms with Crippen molar-refractivity contribution in [3.8, 4) is 5.75 Å². The van der Waals surface area contributed by atoms with Crippen LogP contribution in [0.3, 0.4) is 0 Å². The summed E-state index contributed by atoms with van der Waals surface area (Å²) in [4.78, 5) is 16.8. The van der Waals surface area contributed by atoms with Gasteiger partial charge in [-0.25, -0.2) is 13.9 Å². The van der Waals surface area contributed by atoms with Gasteiger partial charge in [-0.3, -0.25) is 15.0 Å². The molecule has 1 amide bonds. The Labute approximate surface area is 181 Å². The van der Waals surface area contributed by atoms with Gasteiger partial charge in [0.2, 0.25) is 10.0 Å². The van der Waals surface area contributed by atoms with Crippen molar-refractivity contribution in [2.45, 2.75) is 49.3 Å². The number of hydroxylamine groups is 1. The zero-order valence-electron chi connectivity index (χ0n) is 17.2. The van der Waals surface area contributed by atoms with Crippen molar-refractivity contribution < 1.29 is 28.3 Å². The van der Waals surface area contributed by atoms with Crippen LogP contribution in [0, 0.1) is 5.92 Å². The minimum absolute atomic E-state index is 0.00349. The fourth-order valence-corrected chi connectivity index (χ4v) is 5.59. The SMILES string of the molecule is COc1ccc(S(=O)(=O)N(Cc2cccnc2)[C@@H](C(=O)NO)C2CCC(O)CC2)cc1. The van der Waals surface area contributed by atoms with Gasteiger partial charge in [-0.2, -0.15) is 4.31 Å². The van der Waals surface area contributed by atoms with E-state index < -0.39 is 28.1 Å². The lowest BCUT2D eigenvalue weighted by Crippen LogP contribution is -2.53. The molecule has 1 heterocycles. The second kappa shape index (κ2) is 10.2. The average molecular weight is 450 g/mol. The summed E-state index contributed by atoms with van der Waals surface area (Å²) in [5.74, 6) is -0.661. The minimum Gasteiger partial charge on any atom is -0.497 e. The summed E-state index contributed by atoms with van der Waals surface area (Å²) in [6.45, 7) is -0.0979. The van der Waals surface area contributed by atoms with Crippen LogP contribution in [0.25, 0.3) is 0 Å². The number of pyridine rings is 1. The van der Waals surface area contributed by atoms with Gasteiger partial charge in [0.05, 0.1) is 18.1 Å². The topological polar surface area (TPSA) is 129 Å². The van der Waals surface area contributed by atoms with Crippen molar-refractivity contribution in [2.75, 3.05) is 7.11 Å². The maximum absolute atomic E-state index is 13.7. The van der Waals surface area contributed by atoms with Gasteiger partial charge in [0.1, 0.15) is 11.8 Å². The standard InChI is InChI=1S/C21H27N3O6S/c1-30-18-8-10-19(11-9-18)31(28,29)24(14-15-3-2-12-22-13-15)20(21(26)23-27)16-4-6-17(25)7-5-16/h2-3,8-13,16-17,20,25,27H,4-7,14H2,1H3,(H,23,26)/t16?,17?,20-/m1/s1. The fourth-order valence-electron chi connectivity index (χ4n) is 3.95. The second-order valence-corrected chi connectivity index (χ2v) is 9.47. The molecular weight excluding hydrogens is 422 g/mol. The van der Waals surface area contributed by atoms with E-state index in [2.05, 4.69) is 4.98 Å². The molecule has 0 aliphatic heterocycles. The van der Waals surface area contributed by atoms with Crippen LogP contribution in [0.4, 0.5) is 0 Å². The molecule has 0 unspecified atom stereocenters. The second-order valence-electron chi connectivity index (χ2n) is 7.58. The largest absolute Gasteiger partial charge is 0.497 e. The van der Waals surface area contributed by atoms with Crippen LogP contribution in [-0.4, -0.2) is 53.2 Å². The summed E-state index contributed by atoms with van der Waals surface area (Å²) in [5.41, 5.74) is 2.24. The Balaban J connectivity index is 2.05. The van der Waals surface area contributed by atoms with E-state index in [4.69, 9.17) is 4.74 Å². The number of rotatable bonds is 8. The molecule has 1 saturated carbocycles. The molecule has 0 radical (unpaired) electrons. The third-order valence-corrected chi connectivity index (χ3v) is 7.45. The quantitative estimate of drug-likeness (QED) is 0.413. The van der Waals surface area contributed by atoms with Crippen LogP contribution >= 0.6 is 0 Å². The van der Waals surface area contributed by atoms with Gasteiger partial charge in [0.15, 0.2) is 0 Å². The normalized spacial score (nSPS) is 20.3. The summed E-state index contributed by atoms with van der Waals surface area (Å²) in [6.07, 6.45) is 4.48. The number of methoxy groups -OCH3 is 1. The Morgan fingerprint density at radius 3 is 2.45 bits per heavy atom. The van der Waals surface area contributed by atoms with Crippen molar-refractivity contribution in [1.82, 2.24) is 14.8 Å². The molecule has 3 N–H and O–H groups in total. The first-order valence-electron chi connectivity index (χ1n) is 10.0. The van der Waals surface area contributed by atoms with E-state index in [1.165, 1.54) is 37.6 Å². The Kier molecular flexibility index (Phi) is 7.60. The van der Waals surface area contributed by atoms with E-state index in [0.29, 0.717) is 37.0 Å². The summed E-state index contributed by atoms with van der Waals surface area (Å²) in [6, 6.07) is 8.17. The van der Waals surface area contributed by atoms with E-state index in [0.717, 1.165) is 4.31 Å². The molecule has 1 aromatic heterocycles. The van der Waals surface area contributed by atoms with Crippen molar-refractivity contribution in [3.63, 3.8) is 0 Å². The number of carbonyl (C=O) groups excluding carboxylic acids is 1. The molecule has 1 atom stereocenters. The summed E-state index contributed by atoms with van der Waals surface area (Å²) >= 11 is 0. The number of aliphatic hydroxyl groups is 1. The van der Waals surface area contributed by atoms with Gasteiger partial charge in [-0.05, 0) is 67.5 Å². The van der Waals surface area contributed by atoms with Crippen LogP contribution in [0.5, 0.6) is 5.75 Å². The van der Waals surface area contributed by atoms with E-state index in [-0.39, 0.29) is 17.4 Å². The number of nitrogens with zero attached hydrogens (tertiary/aromatic N) is 2. The molecule has 10 heteroatoms. The highest BCUT2D eigenvalue weighted by Gasteiger charge is 2.42. The number of sulfonamides is 1. The number of carbonyl (C=O) groups is 1. The number of hydrogen-bond donors (Lipinski definition) is 3. The smallest absolute Gasteiger partial charge is 0.262 e. The summed E-state index contributed by atoms with van der Waals surface area (Å²) in [5, 5.41) is 19.3. The van der Waals surface area contributed by atoms with Crippen LogP contribution in [0.1, 0.15) is 31.2 Å². The third-order valence-electron chi connectivity index (χ3n) is 5.60. The van der Waals surface area contributed by atoms with Crippen LogP contribution < -0.4 is 10.2 Å². The zero-order valence-corrected chi connectivity index (χ0v) is 18.0. The first kappa shape index (κ1) is 23.1. The molecule has 1 fully saturated rings. The van der Waals surface area contributed by atoms with Gasteiger partial charge in [-0.15, -0.1) is 0 Å². The fraction of sp³-hybridized carbons (Fsp3) is 0.429. The molecule has 0 spiro atoms. The number of aliphatic hydroxyl groups excluding tert-OH is 1. The van der Waals surface area contributed by atoms with Crippen LogP contribution in [-0.2, 0) is 21.4 Å². The number of benzene rings is 1. The van der Waals surface area contributed by atoms with Gasteiger partial charge in [-0.1, -0.05) is 6.07 Å². The zero-order chi connectivity index (χ0) is 22.4. The van der Waals surface area contributed by atoms with E-state index >= 15 is 0 Å². The molecule has 31 heavy (non-hydrogen) atoms. The monoisotopic (exact) mass is 449 g/mol. The number of ether oxygens (including phenoxy) is 1. The predicted octanol–water partition coefficient (Wildman–Crippen LogP) is 1.71. The first-order valence-corrected chi connectivity index (χ1v) is 11.5. The average Bonchev–Trinajstić information content (AvgIpc) is 2.80. The maximum atomic E-state index is 13.7. The van der Waals surface area contributed by atoms with E-state index in [1.54, 1.807) is 23.8 Å². The minimum atomic E-state index is -4.13. The van der Waals surface area contributed by atoms with Crippen LogP contribution in [0.2, 0.25) is 0 Å². The molecule has 168 valence electrons. The molecule has 0 saturated heterocycles. The Morgan fingerprint density at radius 2 is 1.90 bits per heavy atom. The Bertz CT molecular complexity index is 960. The van der Waals surface area contributed by atoms with Gasteiger partial charge < -0.3 is 9.84 Å². The number of hydrogen-bond acceptors (Lipinski definition) is 7. The molecule has 1 aromatic carbocycles. The molecule has 3 rings (SSSR count). The van der Waals surface area contributed by atoms with E-state index in [9.17, 15) is 23.5 Å². The highest BCUT2D eigenvalue weighted by atomic mass is 32.2. The van der Waals surface area contributed by atoms with Crippen molar-refractivity contribution in [2.24, 2.45) is 5.92 Å². The molecular formula is C21H27N3O6S. The molecule has 0 bridgehead atoms. The molecule has 1 aliphatic rings.